The number of ether oxygens (including phenoxy) is 2. The zero-order valence-electron chi connectivity index (χ0n) is 23.1. The van der Waals surface area contributed by atoms with Crippen LogP contribution in [0.15, 0.2) is 23.8 Å². The number of amides is 3. The second kappa shape index (κ2) is 17.0. The third-order valence-corrected chi connectivity index (χ3v) is 7.04. The van der Waals surface area contributed by atoms with Crippen LogP contribution in [0.4, 0.5) is 4.79 Å². The lowest BCUT2D eigenvalue weighted by molar-refractivity contribution is -0.125. The first-order valence-electron chi connectivity index (χ1n) is 14.0. The highest BCUT2D eigenvalue weighted by atomic mass is 16.5. The van der Waals surface area contributed by atoms with Crippen molar-refractivity contribution in [2.45, 2.75) is 97.3 Å². The van der Waals surface area contributed by atoms with E-state index in [1.54, 1.807) is 14.2 Å². The van der Waals surface area contributed by atoms with E-state index in [0.29, 0.717) is 12.5 Å². The minimum absolute atomic E-state index is 0.0913. The molecule has 0 radical (unpaired) electrons. The summed E-state index contributed by atoms with van der Waals surface area (Å²) in [6.45, 7) is 5.28. The Bertz CT molecular complexity index is 818. The minimum Gasteiger partial charge on any atom is -0.493 e. The summed E-state index contributed by atoms with van der Waals surface area (Å²) < 4.78 is 10.8. The molecular weight excluding hydrogens is 452 g/mol. The molecule has 3 amide bonds. The fraction of sp³-hybridized carbons (Fsp3) is 0.667. The molecule has 0 aliphatic carbocycles. The highest BCUT2D eigenvalue weighted by Crippen LogP contribution is 2.30. The van der Waals surface area contributed by atoms with E-state index < -0.39 is 0 Å². The molecule has 0 atom stereocenters. The van der Waals surface area contributed by atoms with Crippen molar-refractivity contribution in [2.75, 3.05) is 27.3 Å². The van der Waals surface area contributed by atoms with E-state index in [0.717, 1.165) is 30.8 Å². The Kier molecular flexibility index (Phi) is 14.1. The van der Waals surface area contributed by atoms with E-state index in [2.05, 4.69) is 37.4 Å². The van der Waals surface area contributed by atoms with E-state index in [1.165, 1.54) is 80.2 Å². The Morgan fingerprint density at radius 1 is 0.861 bits per heavy atom. The van der Waals surface area contributed by atoms with Gasteiger partial charge in [-0.1, -0.05) is 95.8 Å². The Labute approximate surface area is 218 Å². The van der Waals surface area contributed by atoms with Crippen molar-refractivity contribution in [2.24, 2.45) is 5.92 Å². The molecule has 202 valence electrons. The molecule has 0 spiro atoms. The van der Waals surface area contributed by atoms with Gasteiger partial charge < -0.3 is 14.8 Å². The zero-order chi connectivity index (χ0) is 26.2. The molecule has 6 heteroatoms. The molecule has 36 heavy (non-hydrogen) atoms. The van der Waals surface area contributed by atoms with Gasteiger partial charge >= 0.3 is 6.03 Å². The van der Waals surface area contributed by atoms with Gasteiger partial charge in [-0.3, -0.25) is 9.69 Å². The summed E-state index contributed by atoms with van der Waals surface area (Å²) in [4.78, 5) is 24.4. The zero-order valence-corrected chi connectivity index (χ0v) is 23.1. The lowest BCUT2D eigenvalue weighted by Gasteiger charge is -2.13. The lowest BCUT2D eigenvalue weighted by Crippen LogP contribution is -2.31. The van der Waals surface area contributed by atoms with Crippen LogP contribution in [0.1, 0.15) is 103 Å². The Balaban J connectivity index is 1.48. The number of nitrogens with one attached hydrogen (secondary N) is 1. The van der Waals surface area contributed by atoms with Crippen LogP contribution in [0.2, 0.25) is 0 Å². The van der Waals surface area contributed by atoms with Crippen molar-refractivity contribution in [3.63, 3.8) is 0 Å². The summed E-state index contributed by atoms with van der Waals surface area (Å²) in [6, 6.07) is 5.90. The third-order valence-electron chi connectivity index (χ3n) is 7.04. The Morgan fingerprint density at radius 3 is 1.92 bits per heavy atom. The first kappa shape index (κ1) is 29.7. The first-order chi connectivity index (χ1) is 17.5. The number of benzene rings is 1. The van der Waals surface area contributed by atoms with Crippen LogP contribution in [-0.4, -0.2) is 44.1 Å². The van der Waals surface area contributed by atoms with Gasteiger partial charge in [-0.15, -0.1) is 0 Å². The number of methoxy groups -OCH3 is 2. The van der Waals surface area contributed by atoms with Crippen LogP contribution in [-0.2, 0) is 4.79 Å². The number of unbranched alkanes of at least 4 members (excludes halogenated alkanes) is 11. The summed E-state index contributed by atoms with van der Waals surface area (Å²) in [5.41, 5.74) is 2.67. The third kappa shape index (κ3) is 10.6. The minimum atomic E-state index is -0.230. The first-order valence-corrected chi connectivity index (χ1v) is 14.0. The molecule has 1 heterocycles. The molecule has 1 fully saturated rings. The predicted molar refractivity (Wildman–Crippen MR) is 147 cm³/mol. The van der Waals surface area contributed by atoms with Gasteiger partial charge in [-0.2, -0.15) is 0 Å². The Morgan fingerprint density at radius 2 is 1.42 bits per heavy atom. The number of hydrogen-bond acceptors (Lipinski definition) is 4. The molecule has 0 aromatic heterocycles. The number of hydrogen-bond donors (Lipinski definition) is 1. The van der Waals surface area contributed by atoms with Crippen LogP contribution >= 0.6 is 0 Å². The van der Waals surface area contributed by atoms with Crippen molar-refractivity contribution in [1.82, 2.24) is 10.2 Å². The predicted octanol–water partition coefficient (Wildman–Crippen LogP) is 7.37. The summed E-state index contributed by atoms with van der Waals surface area (Å²) in [5, 5.41) is 2.57. The van der Waals surface area contributed by atoms with Crippen LogP contribution < -0.4 is 14.8 Å². The molecule has 1 aliphatic rings. The number of allylic oxidation sites excluding steroid dienone is 1. The molecule has 1 aromatic rings. The standard InChI is InChI=1S/C30H48N2O4/c1-24(2)26(21-25-18-19-27(35-3)28(22-25)36-4)17-15-13-11-9-7-5-6-8-10-12-14-16-20-32-29(33)23-31-30(32)34/h18-19,21-22,24H,5-17,20,23H2,1-4H3,(H,31,34). The van der Waals surface area contributed by atoms with Crippen LogP contribution in [0.3, 0.4) is 0 Å². The average Bonchev–Trinajstić information content (AvgIpc) is 3.19. The number of carbonyl (C=O) groups is 2. The van der Waals surface area contributed by atoms with Crippen molar-refractivity contribution in [1.29, 1.82) is 0 Å². The number of urea groups is 1. The fourth-order valence-electron chi connectivity index (χ4n) is 4.73. The van der Waals surface area contributed by atoms with Gasteiger partial charge in [0.1, 0.15) is 0 Å². The van der Waals surface area contributed by atoms with Crippen molar-refractivity contribution in [3.05, 3.63) is 29.3 Å². The van der Waals surface area contributed by atoms with E-state index in [9.17, 15) is 9.59 Å². The number of imide groups is 1. The molecule has 0 bridgehead atoms. The van der Waals surface area contributed by atoms with Crippen LogP contribution in [0.5, 0.6) is 11.5 Å². The van der Waals surface area contributed by atoms with Gasteiger partial charge in [0.25, 0.3) is 0 Å². The van der Waals surface area contributed by atoms with E-state index in [-0.39, 0.29) is 18.5 Å². The Hall–Kier alpha value is -2.50. The molecule has 1 aliphatic heterocycles. The molecule has 0 unspecified atom stereocenters. The monoisotopic (exact) mass is 500 g/mol. The van der Waals surface area contributed by atoms with E-state index in [4.69, 9.17) is 9.47 Å². The SMILES string of the molecule is COc1ccc(C=C(CCCCCCCCCCCCCCN2C(=O)CNC2=O)C(C)C)cc1OC. The quantitative estimate of drug-likeness (QED) is 0.159. The highest BCUT2D eigenvalue weighted by Gasteiger charge is 2.27. The van der Waals surface area contributed by atoms with Gasteiger partial charge in [0.05, 0.1) is 20.8 Å². The van der Waals surface area contributed by atoms with Crippen molar-refractivity contribution >= 4 is 18.0 Å². The average molecular weight is 501 g/mol. The number of carbonyl (C=O) groups excluding carboxylic acids is 2. The maximum absolute atomic E-state index is 11.5. The smallest absolute Gasteiger partial charge is 0.324 e. The van der Waals surface area contributed by atoms with Crippen molar-refractivity contribution < 1.29 is 19.1 Å². The lowest BCUT2D eigenvalue weighted by atomic mass is 9.94. The number of rotatable bonds is 19. The van der Waals surface area contributed by atoms with Gasteiger partial charge in [-0.25, -0.2) is 4.79 Å². The molecule has 1 saturated heterocycles. The molecular formula is C30H48N2O4. The maximum Gasteiger partial charge on any atom is 0.324 e. The summed E-state index contributed by atoms with van der Waals surface area (Å²) in [7, 11) is 3.35. The molecule has 2 rings (SSSR count). The second-order valence-corrected chi connectivity index (χ2v) is 10.2. The molecule has 1 aromatic carbocycles. The van der Waals surface area contributed by atoms with Gasteiger partial charge in [0.2, 0.25) is 5.91 Å². The highest BCUT2D eigenvalue weighted by molar-refractivity contribution is 6.01. The second-order valence-electron chi connectivity index (χ2n) is 10.2. The largest absolute Gasteiger partial charge is 0.493 e. The van der Waals surface area contributed by atoms with E-state index >= 15 is 0 Å². The summed E-state index contributed by atoms with van der Waals surface area (Å²) in [6.07, 6.45) is 18.4. The molecule has 6 nitrogen and oxygen atoms in total. The van der Waals surface area contributed by atoms with Crippen molar-refractivity contribution in [3.8, 4) is 11.5 Å². The maximum atomic E-state index is 11.5. The normalized spacial score (nSPS) is 14.0. The summed E-state index contributed by atoms with van der Waals surface area (Å²) in [5.74, 6) is 2.00. The van der Waals surface area contributed by atoms with Gasteiger partial charge in [0, 0.05) is 6.54 Å². The topological polar surface area (TPSA) is 67.9 Å². The van der Waals surface area contributed by atoms with Gasteiger partial charge in [-0.05, 0) is 42.9 Å². The van der Waals surface area contributed by atoms with Crippen LogP contribution in [0, 0.1) is 5.92 Å². The fourth-order valence-corrected chi connectivity index (χ4v) is 4.73. The van der Waals surface area contributed by atoms with E-state index in [1.807, 2.05) is 6.07 Å². The summed E-state index contributed by atoms with van der Waals surface area (Å²) >= 11 is 0. The van der Waals surface area contributed by atoms with Crippen LogP contribution in [0.25, 0.3) is 6.08 Å². The number of nitrogens with zero attached hydrogens (tertiary/aromatic N) is 1. The van der Waals surface area contributed by atoms with Gasteiger partial charge in [0.15, 0.2) is 11.5 Å². The molecule has 0 saturated carbocycles. The molecule has 1 N–H and O–H groups in total.